The summed E-state index contributed by atoms with van der Waals surface area (Å²) in [6.07, 6.45) is 13.3. The highest BCUT2D eigenvalue weighted by atomic mass is 14.9. The summed E-state index contributed by atoms with van der Waals surface area (Å²) in [4.78, 5) is 7.59. The number of aromatic amines is 1. The van der Waals surface area contributed by atoms with Crippen molar-refractivity contribution in [1.29, 1.82) is 0 Å². The first-order valence-corrected chi connectivity index (χ1v) is 7.11. The molecule has 3 heteroatoms. The topological polar surface area (TPSA) is 40.7 Å². The van der Waals surface area contributed by atoms with Gasteiger partial charge in [-0.3, -0.25) is 0 Å². The fourth-order valence-corrected chi connectivity index (χ4v) is 3.00. The minimum atomic E-state index is 0.601. The molecule has 17 heavy (non-hydrogen) atoms. The second kappa shape index (κ2) is 6.80. The van der Waals surface area contributed by atoms with Crippen LogP contribution in [-0.2, 0) is 6.42 Å². The first-order valence-electron chi connectivity index (χ1n) is 7.11. The Bertz CT molecular complexity index is 286. The highest BCUT2D eigenvalue weighted by molar-refractivity contribution is 4.93. The Morgan fingerprint density at radius 1 is 1.35 bits per heavy atom. The fourth-order valence-electron chi connectivity index (χ4n) is 3.00. The number of imidazole rings is 1. The Balaban J connectivity index is 1.94. The van der Waals surface area contributed by atoms with Crippen LogP contribution in [0.3, 0.4) is 0 Å². The van der Waals surface area contributed by atoms with Crippen molar-refractivity contribution >= 4 is 0 Å². The summed E-state index contributed by atoms with van der Waals surface area (Å²) in [6.45, 7) is 3.26. The van der Waals surface area contributed by atoms with Crippen molar-refractivity contribution in [2.75, 3.05) is 6.54 Å². The van der Waals surface area contributed by atoms with Crippen LogP contribution in [-0.4, -0.2) is 22.6 Å². The minimum absolute atomic E-state index is 0.601. The molecule has 1 fully saturated rings. The molecule has 1 aromatic heterocycles. The van der Waals surface area contributed by atoms with Gasteiger partial charge in [0.05, 0.1) is 0 Å². The number of likely N-dealkylation sites (N-methyl/N-ethyl adjacent to an activating group) is 1. The van der Waals surface area contributed by atoms with Gasteiger partial charge in [0.15, 0.2) is 0 Å². The molecule has 1 aliphatic carbocycles. The van der Waals surface area contributed by atoms with E-state index in [0.29, 0.717) is 6.04 Å². The molecule has 0 spiro atoms. The summed E-state index contributed by atoms with van der Waals surface area (Å²) in [6, 6.07) is 0.601. The third-order valence-electron chi connectivity index (χ3n) is 3.90. The number of aromatic nitrogens is 2. The largest absolute Gasteiger partial charge is 0.349 e. The molecule has 0 radical (unpaired) electrons. The van der Waals surface area contributed by atoms with Crippen LogP contribution in [0.25, 0.3) is 0 Å². The van der Waals surface area contributed by atoms with Crippen LogP contribution in [0.1, 0.15) is 51.3 Å². The lowest BCUT2D eigenvalue weighted by Gasteiger charge is -2.26. The molecule has 1 saturated carbocycles. The van der Waals surface area contributed by atoms with Gasteiger partial charge in [-0.2, -0.15) is 0 Å². The molecule has 3 nitrogen and oxygen atoms in total. The Morgan fingerprint density at radius 3 is 2.71 bits per heavy atom. The zero-order valence-corrected chi connectivity index (χ0v) is 10.9. The monoisotopic (exact) mass is 235 g/mol. The molecular formula is C14H25N3. The van der Waals surface area contributed by atoms with Crippen molar-refractivity contribution < 1.29 is 0 Å². The third-order valence-corrected chi connectivity index (χ3v) is 3.90. The summed E-state index contributed by atoms with van der Waals surface area (Å²) in [5.74, 6) is 1.96. The molecule has 2 rings (SSSR count). The molecule has 1 aromatic rings. The summed E-state index contributed by atoms with van der Waals surface area (Å²) < 4.78 is 0. The molecule has 0 bridgehead atoms. The van der Waals surface area contributed by atoms with Crippen molar-refractivity contribution in [2.45, 2.75) is 57.9 Å². The van der Waals surface area contributed by atoms with E-state index >= 15 is 0 Å². The van der Waals surface area contributed by atoms with Crippen LogP contribution < -0.4 is 5.32 Å². The number of hydrogen-bond donors (Lipinski definition) is 2. The van der Waals surface area contributed by atoms with E-state index in [0.717, 1.165) is 24.7 Å². The Kier molecular flexibility index (Phi) is 5.05. The van der Waals surface area contributed by atoms with Crippen molar-refractivity contribution in [3.05, 3.63) is 18.2 Å². The third kappa shape index (κ3) is 3.84. The Hall–Kier alpha value is -0.830. The first kappa shape index (κ1) is 12.6. The summed E-state index contributed by atoms with van der Waals surface area (Å²) in [7, 11) is 0. The molecule has 1 heterocycles. The number of rotatable bonds is 5. The lowest BCUT2D eigenvalue weighted by atomic mass is 9.89. The average Bonchev–Trinajstić information content (AvgIpc) is 2.69. The van der Waals surface area contributed by atoms with Crippen LogP contribution in [0.5, 0.6) is 0 Å². The molecule has 2 N–H and O–H groups in total. The van der Waals surface area contributed by atoms with Crippen molar-refractivity contribution in [1.82, 2.24) is 15.3 Å². The molecule has 0 saturated heterocycles. The van der Waals surface area contributed by atoms with E-state index in [9.17, 15) is 0 Å². The zero-order valence-electron chi connectivity index (χ0n) is 10.9. The van der Waals surface area contributed by atoms with E-state index in [1.165, 1.54) is 38.5 Å². The second-order valence-electron chi connectivity index (χ2n) is 5.16. The van der Waals surface area contributed by atoms with E-state index in [2.05, 4.69) is 22.2 Å². The number of hydrogen-bond acceptors (Lipinski definition) is 2. The zero-order chi connectivity index (χ0) is 11.9. The maximum absolute atomic E-state index is 4.36. The normalized spacial score (nSPS) is 20.1. The maximum atomic E-state index is 4.36. The van der Waals surface area contributed by atoms with Crippen molar-refractivity contribution in [3.8, 4) is 0 Å². The SMILES string of the molecule is CCNC(Cc1ncc[nH]1)C1CCCCCC1. The number of H-pyrrole nitrogens is 1. The van der Waals surface area contributed by atoms with Crippen molar-refractivity contribution in [3.63, 3.8) is 0 Å². The van der Waals surface area contributed by atoms with E-state index in [4.69, 9.17) is 0 Å². The lowest BCUT2D eigenvalue weighted by molar-refractivity contribution is 0.318. The Labute approximate surface area is 104 Å². The molecule has 0 aliphatic heterocycles. The number of nitrogens with zero attached hydrogens (tertiary/aromatic N) is 1. The van der Waals surface area contributed by atoms with Crippen molar-refractivity contribution in [2.24, 2.45) is 5.92 Å². The van der Waals surface area contributed by atoms with Gasteiger partial charge in [0.2, 0.25) is 0 Å². The summed E-state index contributed by atoms with van der Waals surface area (Å²) in [5.41, 5.74) is 0. The van der Waals surface area contributed by atoms with Crippen LogP contribution in [0.2, 0.25) is 0 Å². The average molecular weight is 235 g/mol. The minimum Gasteiger partial charge on any atom is -0.349 e. The van der Waals surface area contributed by atoms with Gasteiger partial charge in [-0.1, -0.05) is 32.6 Å². The summed E-state index contributed by atoms with van der Waals surface area (Å²) in [5, 5.41) is 3.66. The first-order chi connectivity index (χ1) is 8.40. The second-order valence-corrected chi connectivity index (χ2v) is 5.16. The Morgan fingerprint density at radius 2 is 2.12 bits per heavy atom. The molecule has 96 valence electrons. The van der Waals surface area contributed by atoms with Crippen LogP contribution in [0, 0.1) is 5.92 Å². The molecular weight excluding hydrogens is 210 g/mol. The van der Waals surface area contributed by atoms with Gasteiger partial charge in [0, 0.05) is 24.9 Å². The van der Waals surface area contributed by atoms with E-state index in [1.54, 1.807) is 0 Å². The van der Waals surface area contributed by atoms with Crippen LogP contribution in [0.15, 0.2) is 12.4 Å². The predicted octanol–water partition coefficient (Wildman–Crippen LogP) is 2.90. The molecule has 0 aromatic carbocycles. The van der Waals surface area contributed by atoms with Gasteiger partial charge >= 0.3 is 0 Å². The highest BCUT2D eigenvalue weighted by Crippen LogP contribution is 2.26. The molecule has 1 atom stereocenters. The fraction of sp³-hybridized carbons (Fsp3) is 0.786. The molecule has 0 amide bonds. The smallest absolute Gasteiger partial charge is 0.107 e. The van der Waals surface area contributed by atoms with Gasteiger partial charge in [-0.15, -0.1) is 0 Å². The van der Waals surface area contributed by atoms with Gasteiger partial charge in [0.25, 0.3) is 0 Å². The molecule has 1 aliphatic rings. The predicted molar refractivity (Wildman–Crippen MR) is 70.9 cm³/mol. The standard InChI is InChI=1S/C14H25N3/c1-2-15-13(11-14-16-9-10-17-14)12-7-5-3-4-6-8-12/h9-10,12-13,15H,2-8,11H2,1H3,(H,16,17). The van der Waals surface area contributed by atoms with Gasteiger partial charge < -0.3 is 10.3 Å². The van der Waals surface area contributed by atoms with E-state index in [-0.39, 0.29) is 0 Å². The van der Waals surface area contributed by atoms with Crippen LogP contribution in [0.4, 0.5) is 0 Å². The van der Waals surface area contributed by atoms with Gasteiger partial charge in [-0.05, 0) is 25.3 Å². The maximum Gasteiger partial charge on any atom is 0.107 e. The van der Waals surface area contributed by atoms with Gasteiger partial charge in [-0.25, -0.2) is 4.98 Å². The number of nitrogens with one attached hydrogen (secondary N) is 2. The quantitative estimate of drug-likeness (QED) is 0.770. The molecule has 1 unspecified atom stereocenters. The van der Waals surface area contributed by atoms with Gasteiger partial charge in [0.1, 0.15) is 5.82 Å². The van der Waals surface area contributed by atoms with E-state index < -0.39 is 0 Å². The lowest BCUT2D eigenvalue weighted by Crippen LogP contribution is -2.38. The van der Waals surface area contributed by atoms with E-state index in [1.807, 2.05) is 12.4 Å². The highest BCUT2D eigenvalue weighted by Gasteiger charge is 2.22. The van der Waals surface area contributed by atoms with Crippen LogP contribution >= 0.6 is 0 Å². The summed E-state index contributed by atoms with van der Waals surface area (Å²) >= 11 is 0.